The summed E-state index contributed by atoms with van der Waals surface area (Å²) in [5, 5.41) is 9.69. The molecule has 0 bridgehead atoms. The van der Waals surface area contributed by atoms with E-state index >= 15 is 0 Å². The van der Waals surface area contributed by atoms with Crippen molar-refractivity contribution in [3.63, 3.8) is 0 Å². The minimum atomic E-state index is -1.53. The van der Waals surface area contributed by atoms with Crippen LogP contribution >= 0.6 is 0 Å². The first-order chi connectivity index (χ1) is 35.6. The van der Waals surface area contributed by atoms with Gasteiger partial charge in [0.25, 0.3) is 6.29 Å². The van der Waals surface area contributed by atoms with Crippen LogP contribution in [0.25, 0.3) is 0 Å². The number of rotatable bonds is 50. The second-order valence-electron chi connectivity index (χ2n) is 19.5. The van der Waals surface area contributed by atoms with Crippen LogP contribution in [0.1, 0.15) is 194 Å². The van der Waals surface area contributed by atoms with Gasteiger partial charge in [-0.3, -0.25) is 9.59 Å². The molecule has 0 amide bonds. The molecule has 0 radical (unpaired) electrons. The van der Waals surface area contributed by atoms with Gasteiger partial charge in [0, 0.05) is 12.8 Å². The smallest absolute Gasteiger partial charge is 0.361 e. The average molecular weight is 1020 g/mol. The third kappa shape index (κ3) is 55.0. The van der Waals surface area contributed by atoms with Crippen LogP contribution in [0.15, 0.2) is 134 Å². The van der Waals surface area contributed by atoms with E-state index < -0.39 is 24.3 Å². The summed E-state index contributed by atoms with van der Waals surface area (Å²) in [6.07, 6.45) is 73.8. The van der Waals surface area contributed by atoms with Gasteiger partial charge in [0.2, 0.25) is 0 Å². The number of carboxylic acid groups (broad SMARTS) is 1. The fraction of sp³-hybridized carbons (Fsp3) is 0.609. The van der Waals surface area contributed by atoms with Gasteiger partial charge in [0.15, 0.2) is 6.10 Å². The van der Waals surface area contributed by atoms with E-state index in [1.165, 1.54) is 25.7 Å². The molecule has 1 N–H and O–H groups in total. The summed E-state index contributed by atoms with van der Waals surface area (Å²) in [7, 11) is 5.94. The first-order valence-electron chi connectivity index (χ1n) is 28.3. The van der Waals surface area contributed by atoms with Crippen molar-refractivity contribution < 1.29 is 42.9 Å². The van der Waals surface area contributed by atoms with Gasteiger partial charge in [-0.25, -0.2) is 4.79 Å². The molecule has 0 aliphatic heterocycles. The summed E-state index contributed by atoms with van der Waals surface area (Å²) < 4.78 is 22.8. The zero-order valence-electron chi connectivity index (χ0n) is 46.7. The largest absolute Gasteiger partial charge is 0.477 e. The van der Waals surface area contributed by atoms with Crippen molar-refractivity contribution in [2.24, 2.45) is 0 Å². The second-order valence-corrected chi connectivity index (χ2v) is 19.5. The lowest BCUT2D eigenvalue weighted by molar-refractivity contribution is -0.870. The summed E-state index contributed by atoms with van der Waals surface area (Å²) in [5.74, 6) is -2.07. The van der Waals surface area contributed by atoms with E-state index in [0.29, 0.717) is 17.4 Å². The predicted molar refractivity (Wildman–Crippen MR) is 308 cm³/mol. The normalized spacial score (nSPS) is 13.8. The number of allylic oxidation sites excluding steroid dienone is 22. The van der Waals surface area contributed by atoms with Crippen molar-refractivity contribution in [1.82, 2.24) is 0 Å². The van der Waals surface area contributed by atoms with Crippen molar-refractivity contribution in [3.8, 4) is 0 Å². The number of hydrogen-bond donors (Lipinski definition) is 1. The van der Waals surface area contributed by atoms with E-state index in [9.17, 15) is 19.5 Å². The fourth-order valence-electron chi connectivity index (χ4n) is 7.03. The fourth-order valence-corrected chi connectivity index (χ4v) is 7.03. The SMILES string of the molecule is CC/C=C\C/C=C\C/C=C\C/C=C\C/C=C\C/C=C\C/C=C\C/C=C\C/C=C\CCCCCCCC(=O)OC(COC(=O)CCCCCCC/C=C\C/C=C\CCCCC)COC(OCC[N+](C)(C)C)C(=O)O. The minimum Gasteiger partial charge on any atom is -0.477 e. The molecule has 0 saturated heterocycles. The molecule has 412 valence electrons. The van der Waals surface area contributed by atoms with Crippen molar-refractivity contribution in [2.75, 3.05) is 47.5 Å². The molecule has 0 aromatic rings. The summed E-state index contributed by atoms with van der Waals surface area (Å²) in [6.45, 7) is 4.67. The number of carboxylic acids is 1. The Kier molecular flexibility index (Phi) is 50.4. The van der Waals surface area contributed by atoms with Crippen LogP contribution in [0.3, 0.4) is 0 Å². The average Bonchev–Trinajstić information content (AvgIpc) is 3.36. The zero-order chi connectivity index (χ0) is 53.4. The molecular formula is C64H104NO8+. The Labute approximate surface area is 446 Å². The van der Waals surface area contributed by atoms with Crippen molar-refractivity contribution in [2.45, 2.75) is 206 Å². The standard InChI is InChI=1S/C64H103NO8/c1-6-8-10-12-14-16-18-20-22-23-24-25-26-27-28-29-30-31-32-33-34-35-36-37-38-39-41-43-45-47-49-51-53-55-62(67)73-60(59-72-64(63(68)69)70-57-56-65(3,4)5)58-71-61(66)54-52-50-48-46-44-42-40-21-19-17-15-13-11-9-7-2/h8,10,14-17,20-22,24-25,27-28,30-31,33-34,36-37,39-41,60,64H,6-7,9,11-13,18-19,23,26,29,32,35,38,42-59H2,1-5H3/p+1/b10-8-,16-14-,17-15-,22-20-,25-24-,28-27-,31-30-,34-33-,37-36-,40-21-,41-39-. The van der Waals surface area contributed by atoms with Crippen molar-refractivity contribution >= 4 is 17.9 Å². The zero-order valence-corrected chi connectivity index (χ0v) is 46.7. The summed E-state index contributed by atoms with van der Waals surface area (Å²) in [4.78, 5) is 37.3. The molecule has 0 heterocycles. The molecule has 9 nitrogen and oxygen atoms in total. The molecule has 0 aromatic heterocycles. The van der Waals surface area contributed by atoms with Gasteiger partial charge in [0.1, 0.15) is 13.2 Å². The number of likely N-dealkylation sites (N-methyl/N-ethyl adjacent to an activating group) is 1. The number of aliphatic carboxylic acids is 1. The first-order valence-corrected chi connectivity index (χ1v) is 28.3. The number of nitrogens with zero attached hydrogens (tertiary/aromatic N) is 1. The Hall–Kier alpha value is -4.57. The lowest BCUT2D eigenvalue weighted by atomic mass is 10.1. The van der Waals surface area contributed by atoms with E-state index in [1.807, 2.05) is 21.1 Å². The molecule has 0 aromatic carbocycles. The van der Waals surface area contributed by atoms with Gasteiger partial charge >= 0.3 is 17.9 Å². The molecule has 0 aliphatic rings. The maximum absolute atomic E-state index is 12.9. The van der Waals surface area contributed by atoms with E-state index in [0.717, 1.165) is 135 Å². The Morgan fingerprint density at radius 2 is 0.781 bits per heavy atom. The van der Waals surface area contributed by atoms with Gasteiger partial charge in [-0.05, 0) is 116 Å². The van der Waals surface area contributed by atoms with Crippen molar-refractivity contribution in [1.29, 1.82) is 0 Å². The van der Waals surface area contributed by atoms with Crippen LogP contribution in [0.2, 0.25) is 0 Å². The molecule has 73 heavy (non-hydrogen) atoms. The van der Waals surface area contributed by atoms with Crippen LogP contribution in [-0.2, 0) is 33.3 Å². The highest BCUT2D eigenvalue weighted by atomic mass is 16.7. The van der Waals surface area contributed by atoms with E-state index in [-0.39, 0.29) is 38.6 Å². The molecule has 2 unspecified atom stereocenters. The van der Waals surface area contributed by atoms with E-state index in [1.54, 1.807) is 0 Å². The molecule has 0 saturated carbocycles. The number of esters is 2. The number of unbranched alkanes of at least 4 members (excludes halogenated alkanes) is 13. The molecule has 0 spiro atoms. The highest BCUT2D eigenvalue weighted by Crippen LogP contribution is 2.13. The Balaban J connectivity index is 4.33. The van der Waals surface area contributed by atoms with E-state index in [4.69, 9.17) is 18.9 Å². The van der Waals surface area contributed by atoms with Crippen LogP contribution in [0.4, 0.5) is 0 Å². The van der Waals surface area contributed by atoms with Crippen LogP contribution in [0, 0.1) is 0 Å². The topological polar surface area (TPSA) is 108 Å². The van der Waals surface area contributed by atoms with Crippen LogP contribution in [0.5, 0.6) is 0 Å². The minimum absolute atomic E-state index is 0.173. The van der Waals surface area contributed by atoms with Crippen molar-refractivity contribution in [3.05, 3.63) is 134 Å². The maximum Gasteiger partial charge on any atom is 0.361 e. The van der Waals surface area contributed by atoms with Gasteiger partial charge in [0.05, 0.1) is 34.4 Å². The summed E-state index contributed by atoms with van der Waals surface area (Å²) >= 11 is 0. The summed E-state index contributed by atoms with van der Waals surface area (Å²) in [6, 6.07) is 0. The molecule has 0 aliphatic carbocycles. The molecule has 0 rings (SSSR count). The Morgan fingerprint density at radius 1 is 0.425 bits per heavy atom. The highest BCUT2D eigenvalue weighted by Gasteiger charge is 2.25. The molecule has 0 fully saturated rings. The van der Waals surface area contributed by atoms with Gasteiger partial charge < -0.3 is 28.5 Å². The van der Waals surface area contributed by atoms with Crippen LogP contribution < -0.4 is 0 Å². The molecular weight excluding hydrogens is 911 g/mol. The lowest BCUT2D eigenvalue weighted by Gasteiger charge is -2.25. The first kappa shape index (κ1) is 68.4. The third-order valence-corrected chi connectivity index (χ3v) is 11.4. The van der Waals surface area contributed by atoms with E-state index in [2.05, 4.69) is 148 Å². The predicted octanol–water partition coefficient (Wildman–Crippen LogP) is 16.7. The maximum atomic E-state index is 12.9. The number of carbonyl (C=O) groups excluding carboxylic acids is 2. The molecule has 9 heteroatoms. The number of quaternary nitrogens is 1. The van der Waals surface area contributed by atoms with Crippen LogP contribution in [-0.4, -0.2) is 87.4 Å². The quantitative estimate of drug-likeness (QED) is 0.0211. The lowest BCUT2D eigenvalue weighted by Crippen LogP contribution is -2.40. The molecule has 2 atom stereocenters. The van der Waals surface area contributed by atoms with Gasteiger partial charge in [-0.15, -0.1) is 0 Å². The number of ether oxygens (including phenoxy) is 4. The van der Waals surface area contributed by atoms with Gasteiger partial charge in [-0.1, -0.05) is 199 Å². The number of carbonyl (C=O) groups is 3. The Bertz CT molecular complexity index is 1650. The highest BCUT2D eigenvalue weighted by molar-refractivity contribution is 5.71. The Morgan fingerprint density at radius 3 is 1.16 bits per heavy atom. The second kappa shape index (κ2) is 53.7. The monoisotopic (exact) mass is 1010 g/mol. The third-order valence-electron chi connectivity index (χ3n) is 11.4. The van der Waals surface area contributed by atoms with Gasteiger partial charge in [-0.2, -0.15) is 0 Å². The summed E-state index contributed by atoms with van der Waals surface area (Å²) in [5.41, 5.74) is 0. The number of hydrogen-bond acceptors (Lipinski definition) is 7.